The van der Waals surface area contributed by atoms with Gasteiger partial charge in [0, 0.05) is 13.1 Å². The lowest BCUT2D eigenvalue weighted by Gasteiger charge is -2.22. The first-order chi connectivity index (χ1) is 11.5. The van der Waals surface area contributed by atoms with E-state index in [1.165, 1.54) is 0 Å². The summed E-state index contributed by atoms with van der Waals surface area (Å²) in [4.78, 5) is 14.3. The summed E-state index contributed by atoms with van der Waals surface area (Å²) in [6.45, 7) is 9.65. The van der Waals surface area contributed by atoms with Crippen LogP contribution in [0.15, 0.2) is 48.5 Å². The Bertz CT molecular complexity index is 665. The van der Waals surface area contributed by atoms with Crippen LogP contribution in [0.3, 0.4) is 0 Å². The van der Waals surface area contributed by atoms with Gasteiger partial charge in [-0.25, -0.2) is 0 Å². The fraction of sp³-hybridized carbons (Fsp3) is 0.381. The first kappa shape index (κ1) is 18.1. The molecule has 2 rings (SSSR count). The highest BCUT2D eigenvalue weighted by Gasteiger charge is 2.15. The van der Waals surface area contributed by atoms with Gasteiger partial charge in [0.05, 0.1) is 0 Å². The highest BCUT2D eigenvalue weighted by molar-refractivity contribution is 5.77. The van der Waals surface area contributed by atoms with Crippen LogP contribution in [0.5, 0.6) is 5.75 Å². The summed E-state index contributed by atoms with van der Waals surface area (Å²) in [5.74, 6) is 1.19. The average Bonchev–Trinajstić information content (AvgIpc) is 2.58. The Morgan fingerprint density at radius 3 is 2.46 bits per heavy atom. The molecule has 0 aliphatic carbocycles. The largest absolute Gasteiger partial charge is 0.483 e. The van der Waals surface area contributed by atoms with Gasteiger partial charge in [-0.05, 0) is 42.5 Å². The van der Waals surface area contributed by atoms with Gasteiger partial charge >= 0.3 is 0 Å². The van der Waals surface area contributed by atoms with Gasteiger partial charge in [0.1, 0.15) is 5.75 Å². The van der Waals surface area contributed by atoms with Crippen molar-refractivity contribution in [2.75, 3.05) is 13.2 Å². The zero-order valence-electron chi connectivity index (χ0n) is 15.1. The number of benzene rings is 2. The van der Waals surface area contributed by atoms with E-state index in [1.54, 1.807) is 0 Å². The minimum atomic E-state index is 0.0116. The monoisotopic (exact) mass is 325 g/mol. The Morgan fingerprint density at radius 2 is 1.83 bits per heavy atom. The maximum atomic E-state index is 12.5. The molecular formula is C21H27NO2. The maximum absolute atomic E-state index is 12.5. The first-order valence-electron chi connectivity index (χ1n) is 8.56. The summed E-state index contributed by atoms with van der Waals surface area (Å²) < 4.78 is 5.87. The van der Waals surface area contributed by atoms with E-state index in [0.717, 1.165) is 22.4 Å². The number of likely N-dealkylation sites (N-methyl/N-ethyl adjacent to an activating group) is 1. The van der Waals surface area contributed by atoms with Gasteiger partial charge in [-0.3, -0.25) is 4.79 Å². The van der Waals surface area contributed by atoms with E-state index >= 15 is 0 Å². The van der Waals surface area contributed by atoms with Crippen LogP contribution in [0.25, 0.3) is 0 Å². The molecule has 0 aliphatic rings. The molecule has 2 aromatic rings. The zero-order valence-corrected chi connectivity index (χ0v) is 15.1. The Hall–Kier alpha value is -2.29. The van der Waals surface area contributed by atoms with Crippen LogP contribution in [-0.4, -0.2) is 24.0 Å². The number of amides is 1. The van der Waals surface area contributed by atoms with Crippen molar-refractivity contribution in [2.45, 2.75) is 40.2 Å². The van der Waals surface area contributed by atoms with Gasteiger partial charge in [-0.2, -0.15) is 0 Å². The summed E-state index contributed by atoms with van der Waals surface area (Å²) in [5.41, 5.74) is 3.41. The number of aryl methyl sites for hydroxylation is 1. The van der Waals surface area contributed by atoms with Gasteiger partial charge in [0.15, 0.2) is 6.61 Å². The van der Waals surface area contributed by atoms with Gasteiger partial charge < -0.3 is 9.64 Å². The van der Waals surface area contributed by atoms with E-state index in [1.807, 2.05) is 55.1 Å². The molecule has 128 valence electrons. The third-order valence-electron chi connectivity index (χ3n) is 4.09. The number of ether oxygens (including phenoxy) is 1. The molecule has 0 atom stereocenters. The van der Waals surface area contributed by atoms with Crippen LogP contribution in [0.1, 0.15) is 43.4 Å². The van der Waals surface area contributed by atoms with E-state index in [2.05, 4.69) is 26.0 Å². The molecule has 0 saturated carbocycles. The molecule has 24 heavy (non-hydrogen) atoms. The van der Waals surface area contributed by atoms with E-state index < -0.39 is 0 Å². The van der Waals surface area contributed by atoms with E-state index in [4.69, 9.17) is 4.74 Å². The quantitative estimate of drug-likeness (QED) is 0.747. The molecule has 0 unspecified atom stereocenters. The van der Waals surface area contributed by atoms with Crippen molar-refractivity contribution in [1.29, 1.82) is 0 Å². The zero-order chi connectivity index (χ0) is 17.5. The van der Waals surface area contributed by atoms with Crippen molar-refractivity contribution >= 4 is 5.91 Å². The highest BCUT2D eigenvalue weighted by Crippen LogP contribution is 2.27. The highest BCUT2D eigenvalue weighted by atomic mass is 16.5. The summed E-state index contributed by atoms with van der Waals surface area (Å²) in [6, 6.07) is 16.2. The lowest BCUT2D eigenvalue weighted by molar-refractivity contribution is -0.133. The number of rotatable bonds is 7. The minimum Gasteiger partial charge on any atom is -0.483 e. The Kier molecular flexibility index (Phi) is 6.42. The number of carbonyl (C=O) groups excluding carboxylic acids is 1. The molecule has 0 radical (unpaired) electrons. The van der Waals surface area contributed by atoms with Crippen molar-refractivity contribution < 1.29 is 9.53 Å². The van der Waals surface area contributed by atoms with Crippen LogP contribution in [0.4, 0.5) is 0 Å². The Balaban J connectivity index is 2.02. The van der Waals surface area contributed by atoms with Crippen LogP contribution in [0, 0.1) is 6.92 Å². The van der Waals surface area contributed by atoms with Crippen molar-refractivity contribution in [2.24, 2.45) is 0 Å². The summed E-state index contributed by atoms with van der Waals surface area (Å²) >= 11 is 0. The molecule has 3 heteroatoms. The number of hydrogen-bond donors (Lipinski definition) is 0. The van der Waals surface area contributed by atoms with Crippen molar-refractivity contribution in [3.05, 3.63) is 65.2 Å². The van der Waals surface area contributed by atoms with Crippen LogP contribution >= 0.6 is 0 Å². The topological polar surface area (TPSA) is 29.5 Å². The number of hydrogen-bond acceptors (Lipinski definition) is 2. The normalized spacial score (nSPS) is 10.7. The van der Waals surface area contributed by atoms with Crippen LogP contribution in [-0.2, 0) is 11.3 Å². The van der Waals surface area contributed by atoms with Gasteiger partial charge in [0.25, 0.3) is 5.91 Å². The smallest absolute Gasteiger partial charge is 0.260 e. The molecule has 2 aromatic carbocycles. The van der Waals surface area contributed by atoms with E-state index in [9.17, 15) is 4.79 Å². The van der Waals surface area contributed by atoms with E-state index in [0.29, 0.717) is 19.0 Å². The first-order valence-corrected chi connectivity index (χ1v) is 8.56. The maximum Gasteiger partial charge on any atom is 0.260 e. The second-order valence-corrected chi connectivity index (χ2v) is 6.38. The summed E-state index contributed by atoms with van der Waals surface area (Å²) in [5, 5.41) is 0. The fourth-order valence-electron chi connectivity index (χ4n) is 2.65. The molecule has 0 spiro atoms. The molecule has 3 nitrogen and oxygen atoms in total. The molecule has 1 amide bonds. The van der Waals surface area contributed by atoms with Gasteiger partial charge in [-0.1, -0.05) is 56.3 Å². The second kappa shape index (κ2) is 8.53. The predicted molar refractivity (Wildman–Crippen MR) is 98.3 cm³/mol. The van der Waals surface area contributed by atoms with Crippen molar-refractivity contribution in [3.63, 3.8) is 0 Å². The standard InChI is InChI=1S/C21H27NO2/c1-5-22(14-18-9-7-6-8-10-18)21(23)15-24-20-13-17(4)11-12-19(20)16(2)3/h6-13,16H,5,14-15H2,1-4H3. The lowest BCUT2D eigenvalue weighted by Crippen LogP contribution is -2.34. The SMILES string of the molecule is CCN(Cc1ccccc1)C(=O)COc1cc(C)ccc1C(C)C. The lowest BCUT2D eigenvalue weighted by atomic mass is 10.0. The molecular weight excluding hydrogens is 298 g/mol. The van der Waals surface area contributed by atoms with Crippen LogP contribution in [0.2, 0.25) is 0 Å². The molecule has 0 bridgehead atoms. The van der Waals surface area contributed by atoms with Gasteiger partial charge in [0.2, 0.25) is 0 Å². The van der Waals surface area contributed by atoms with Crippen molar-refractivity contribution in [3.8, 4) is 5.75 Å². The Labute approximate surface area is 145 Å². The minimum absolute atomic E-state index is 0.0116. The fourth-order valence-corrected chi connectivity index (χ4v) is 2.65. The third-order valence-corrected chi connectivity index (χ3v) is 4.09. The predicted octanol–water partition coefficient (Wildman–Crippen LogP) is 4.55. The summed E-state index contributed by atoms with van der Waals surface area (Å²) in [7, 11) is 0. The summed E-state index contributed by atoms with van der Waals surface area (Å²) in [6.07, 6.45) is 0. The molecule has 0 aromatic heterocycles. The number of carbonyl (C=O) groups is 1. The third kappa shape index (κ3) is 4.85. The molecule has 0 saturated heterocycles. The second-order valence-electron chi connectivity index (χ2n) is 6.38. The molecule has 0 N–H and O–H groups in total. The van der Waals surface area contributed by atoms with Crippen molar-refractivity contribution in [1.82, 2.24) is 4.90 Å². The van der Waals surface area contributed by atoms with Gasteiger partial charge in [-0.15, -0.1) is 0 Å². The molecule has 0 heterocycles. The van der Waals surface area contributed by atoms with Crippen LogP contribution < -0.4 is 4.74 Å². The average molecular weight is 325 g/mol. The molecule has 0 fully saturated rings. The molecule has 0 aliphatic heterocycles. The van der Waals surface area contributed by atoms with E-state index in [-0.39, 0.29) is 12.5 Å². The Morgan fingerprint density at radius 1 is 1.12 bits per heavy atom. The number of nitrogens with zero attached hydrogens (tertiary/aromatic N) is 1.